The lowest BCUT2D eigenvalue weighted by Crippen LogP contribution is -2.31. The molecule has 0 bridgehead atoms. The van der Waals surface area contributed by atoms with E-state index in [1.54, 1.807) is 0 Å². The number of hydrogen-bond acceptors (Lipinski definition) is 3. The molecule has 0 aromatic carbocycles. The van der Waals surface area contributed by atoms with Crippen molar-refractivity contribution in [3.8, 4) is 0 Å². The fourth-order valence-electron chi connectivity index (χ4n) is 1.67. The number of hydrogen-bond donors (Lipinski definition) is 1. The van der Waals surface area contributed by atoms with Crippen molar-refractivity contribution in [2.45, 2.75) is 18.9 Å². The van der Waals surface area contributed by atoms with Gasteiger partial charge in [0.05, 0.1) is 6.61 Å². The number of anilines is 1. The van der Waals surface area contributed by atoms with Crippen LogP contribution in [0.15, 0.2) is 0 Å². The lowest BCUT2D eigenvalue weighted by atomic mass is 10.1. The number of pyridine rings is 1. The quantitative estimate of drug-likeness (QED) is 0.645. The Bertz CT molecular complexity index is 395. The molecule has 1 fully saturated rings. The average Bonchev–Trinajstić information content (AvgIpc) is 2.33. The van der Waals surface area contributed by atoms with E-state index in [4.69, 9.17) is 4.74 Å². The molecule has 0 aliphatic carbocycles. The van der Waals surface area contributed by atoms with Gasteiger partial charge in [-0.25, -0.2) is 0 Å². The third-order valence-electron chi connectivity index (χ3n) is 2.51. The molecule has 0 amide bonds. The van der Waals surface area contributed by atoms with Gasteiger partial charge >= 0.3 is 0 Å². The summed E-state index contributed by atoms with van der Waals surface area (Å²) in [5, 5.41) is 2.40. The molecule has 0 saturated carbocycles. The van der Waals surface area contributed by atoms with Crippen molar-refractivity contribution in [3.63, 3.8) is 0 Å². The Hall–Kier alpha value is -1.37. The molecule has 2 heterocycles. The molecular weight excluding hydrogens is 240 g/mol. The van der Waals surface area contributed by atoms with Crippen LogP contribution in [0.25, 0.3) is 0 Å². The third kappa shape index (κ3) is 2.49. The first kappa shape index (κ1) is 12.1. The molecule has 94 valence electrons. The van der Waals surface area contributed by atoms with Gasteiger partial charge in [0.1, 0.15) is 5.69 Å². The highest BCUT2D eigenvalue weighted by molar-refractivity contribution is 5.46. The van der Waals surface area contributed by atoms with Gasteiger partial charge in [-0.2, -0.15) is 22.5 Å². The van der Waals surface area contributed by atoms with Gasteiger partial charge in [0, 0.05) is 12.6 Å². The van der Waals surface area contributed by atoms with Gasteiger partial charge in [0.2, 0.25) is 11.6 Å². The van der Waals surface area contributed by atoms with E-state index >= 15 is 0 Å². The molecule has 1 aliphatic rings. The summed E-state index contributed by atoms with van der Waals surface area (Å²) in [5.41, 5.74) is -0.828. The molecular formula is C10H10F4N2O. The van der Waals surface area contributed by atoms with Gasteiger partial charge in [-0.3, -0.25) is 0 Å². The van der Waals surface area contributed by atoms with E-state index < -0.39 is 29.2 Å². The molecule has 1 aromatic rings. The second kappa shape index (κ2) is 4.87. The van der Waals surface area contributed by atoms with Crippen molar-refractivity contribution in [1.29, 1.82) is 0 Å². The predicted octanol–water partition coefficient (Wildman–Crippen LogP) is 2.23. The lowest BCUT2D eigenvalue weighted by molar-refractivity contribution is 0.0873. The van der Waals surface area contributed by atoms with Crippen LogP contribution < -0.4 is 5.32 Å². The van der Waals surface area contributed by atoms with E-state index in [2.05, 4.69) is 10.3 Å². The van der Waals surface area contributed by atoms with E-state index in [-0.39, 0.29) is 12.6 Å². The van der Waals surface area contributed by atoms with E-state index in [0.717, 1.165) is 6.42 Å². The Labute approximate surface area is 94.8 Å². The monoisotopic (exact) mass is 250 g/mol. The number of nitrogens with zero attached hydrogens (tertiary/aromatic N) is 1. The number of aromatic nitrogens is 1. The van der Waals surface area contributed by atoms with Crippen molar-refractivity contribution >= 4 is 5.69 Å². The summed E-state index contributed by atoms with van der Waals surface area (Å²) in [5.74, 6) is -6.37. The number of nitrogens with one attached hydrogen (secondary N) is 1. The zero-order valence-corrected chi connectivity index (χ0v) is 8.77. The second-order valence-corrected chi connectivity index (χ2v) is 3.75. The van der Waals surface area contributed by atoms with Crippen LogP contribution in [0, 0.1) is 23.5 Å². The maximum absolute atomic E-state index is 13.2. The SMILES string of the molecule is Fc1nc(F)c(F)c(NC2CCCOC2)c1F. The van der Waals surface area contributed by atoms with Gasteiger partial charge < -0.3 is 10.1 Å². The standard InChI is InChI=1S/C10H10F4N2O/c11-6-8(7(12)10(14)16-9(6)13)15-5-2-1-3-17-4-5/h5H,1-4H2,(H,15,16). The average molecular weight is 250 g/mol. The van der Waals surface area contributed by atoms with Gasteiger partial charge in [-0.15, -0.1) is 0 Å². The third-order valence-corrected chi connectivity index (χ3v) is 2.51. The largest absolute Gasteiger partial charge is 0.379 e. The summed E-state index contributed by atoms with van der Waals surface area (Å²) in [6.07, 6.45) is 1.33. The van der Waals surface area contributed by atoms with Crippen LogP contribution in [0.2, 0.25) is 0 Å². The van der Waals surface area contributed by atoms with Crippen LogP contribution in [0.4, 0.5) is 23.2 Å². The summed E-state index contributed by atoms with van der Waals surface area (Å²) >= 11 is 0. The van der Waals surface area contributed by atoms with Gasteiger partial charge in [-0.1, -0.05) is 0 Å². The van der Waals surface area contributed by atoms with Crippen LogP contribution in [0.3, 0.4) is 0 Å². The Morgan fingerprint density at radius 2 is 1.76 bits per heavy atom. The molecule has 2 rings (SSSR count). The minimum Gasteiger partial charge on any atom is -0.379 e. The molecule has 1 N–H and O–H groups in total. The number of halogens is 4. The highest BCUT2D eigenvalue weighted by Crippen LogP contribution is 2.24. The second-order valence-electron chi connectivity index (χ2n) is 3.75. The first-order valence-electron chi connectivity index (χ1n) is 5.14. The van der Waals surface area contributed by atoms with E-state index in [1.165, 1.54) is 0 Å². The molecule has 1 aromatic heterocycles. The molecule has 1 unspecified atom stereocenters. The normalized spacial score (nSPS) is 20.4. The predicted molar refractivity (Wildman–Crippen MR) is 51.5 cm³/mol. The highest BCUT2D eigenvalue weighted by Gasteiger charge is 2.23. The van der Waals surface area contributed by atoms with E-state index in [9.17, 15) is 17.6 Å². The van der Waals surface area contributed by atoms with Crippen molar-refractivity contribution in [2.24, 2.45) is 0 Å². The first-order chi connectivity index (χ1) is 8.09. The molecule has 1 atom stereocenters. The minimum absolute atomic E-state index is 0.241. The molecule has 1 aliphatic heterocycles. The Morgan fingerprint density at radius 3 is 2.29 bits per heavy atom. The Kier molecular flexibility index (Phi) is 3.46. The first-order valence-corrected chi connectivity index (χ1v) is 5.14. The van der Waals surface area contributed by atoms with Crippen molar-refractivity contribution in [2.75, 3.05) is 18.5 Å². The van der Waals surface area contributed by atoms with E-state index in [1.807, 2.05) is 0 Å². The molecule has 17 heavy (non-hydrogen) atoms. The minimum atomic E-state index is -1.66. The Balaban J connectivity index is 2.24. The zero-order chi connectivity index (χ0) is 12.4. The van der Waals surface area contributed by atoms with Crippen molar-refractivity contribution in [3.05, 3.63) is 23.5 Å². The van der Waals surface area contributed by atoms with Crippen LogP contribution in [-0.4, -0.2) is 24.2 Å². The highest BCUT2D eigenvalue weighted by atomic mass is 19.2. The van der Waals surface area contributed by atoms with Crippen molar-refractivity contribution < 1.29 is 22.3 Å². The van der Waals surface area contributed by atoms with Crippen LogP contribution in [0.5, 0.6) is 0 Å². The molecule has 1 saturated heterocycles. The van der Waals surface area contributed by atoms with Gasteiger partial charge in [0.25, 0.3) is 11.9 Å². The van der Waals surface area contributed by atoms with Gasteiger partial charge in [-0.05, 0) is 12.8 Å². The summed E-state index contributed by atoms with van der Waals surface area (Å²) < 4.78 is 57.2. The Morgan fingerprint density at radius 1 is 1.12 bits per heavy atom. The number of ether oxygens (including phenoxy) is 1. The molecule has 3 nitrogen and oxygen atoms in total. The summed E-state index contributed by atoms with van der Waals surface area (Å²) in [7, 11) is 0. The fraction of sp³-hybridized carbons (Fsp3) is 0.500. The van der Waals surface area contributed by atoms with Crippen molar-refractivity contribution in [1.82, 2.24) is 4.98 Å². The maximum atomic E-state index is 13.2. The van der Waals surface area contributed by atoms with Crippen LogP contribution in [0.1, 0.15) is 12.8 Å². The summed E-state index contributed by atoms with van der Waals surface area (Å²) in [6, 6.07) is -0.367. The smallest absolute Gasteiger partial charge is 0.253 e. The van der Waals surface area contributed by atoms with Crippen LogP contribution in [-0.2, 0) is 4.74 Å². The summed E-state index contributed by atoms with van der Waals surface area (Å²) in [6.45, 7) is 0.812. The fourth-order valence-corrected chi connectivity index (χ4v) is 1.67. The topological polar surface area (TPSA) is 34.2 Å². The maximum Gasteiger partial charge on any atom is 0.253 e. The van der Waals surface area contributed by atoms with E-state index in [0.29, 0.717) is 13.0 Å². The van der Waals surface area contributed by atoms with Crippen LogP contribution >= 0.6 is 0 Å². The van der Waals surface area contributed by atoms with Gasteiger partial charge in [0.15, 0.2) is 0 Å². The molecule has 0 spiro atoms. The zero-order valence-electron chi connectivity index (χ0n) is 8.77. The number of rotatable bonds is 2. The molecule has 7 heteroatoms. The molecule has 0 radical (unpaired) electrons. The lowest BCUT2D eigenvalue weighted by Gasteiger charge is -2.24. The summed E-state index contributed by atoms with van der Waals surface area (Å²) in [4.78, 5) is 2.47.